The molecule has 2 heterocycles. The van der Waals surface area contributed by atoms with Crippen LogP contribution in [0.5, 0.6) is 0 Å². The number of aromatic nitrogens is 2. The highest BCUT2D eigenvalue weighted by atomic mass is 127. The van der Waals surface area contributed by atoms with Gasteiger partial charge in [-0.25, -0.2) is 9.36 Å². The van der Waals surface area contributed by atoms with Crippen molar-refractivity contribution in [2.24, 2.45) is 0 Å². The van der Waals surface area contributed by atoms with Crippen LogP contribution in [0.15, 0.2) is 14.1 Å². The lowest BCUT2D eigenvalue weighted by Crippen LogP contribution is -2.35. The topological polar surface area (TPSA) is 151 Å². The van der Waals surface area contributed by atoms with Gasteiger partial charge in [-0.2, -0.15) is 0 Å². The molecule has 4 N–H and O–H groups in total. The van der Waals surface area contributed by atoms with Gasteiger partial charge >= 0.3 is 13.5 Å². The van der Waals surface area contributed by atoms with Crippen molar-refractivity contribution in [2.75, 3.05) is 6.61 Å². The molecule has 1 aromatic rings. The average molecular weight is 513 g/mol. The van der Waals surface area contributed by atoms with Gasteiger partial charge in [-0.1, -0.05) is 0 Å². The highest BCUT2D eigenvalue weighted by Gasteiger charge is 2.38. The number of aromatic amines is 1. The minimum absolute atomic E-state index is 0.00355. The number of hydrogen-bond donors (Lipinski definition) is 4. The maximum Gasteiger partial charge on any atom is 0.469 e. The first-order chi connectivity index (χ1) is 10.1. The van der Waals surface area contributed by atoms with E-state index in [0.29, 0.717) is 0 Å². The van der Waals surface area contributed by atoms with Gasteiger partial charge in [-0.05, 0) is 38.5 Å². The lowest BCUT2D eigenvalue weighted by molar-refractivity contribution is -0.0460. The Bertz CT molecular complexity index is 729. The first-order valence-electron chi connectivity index (χ1n) is 5.83. The van der Waals surface area contributed by atoms with Crippen LogP contribution in [0.4, 0.5) is 0 Å². The lowest BCUT2D eigenvalue weighted by Gasteiger charge is -2.17. The van der Waals surface area contributed by atoms with Crippen LogP contribution < -0.4 is 11.2 Å². The Kier molecular flexibility index (Phi) is 5.65. The van der Waals surface area contributed by atoms with Gasteiger partial charge in [0, 0.05) is 6.42 Å². The zero-order valence-electron chi connectivity index (χ0n) is 10.7. The van der Waals surface area contributed by atoms with E-state index in [2.05, 4.69) is 25.4 Å². The van der Waals surface area contributed by atoms with E-state index in [4.69, 9.17) is 14.5 Å². The molecule has 1 aromatic heterocycles. The SMILES string of the molecule is O=c1[nH]c(=O)n([C@H]2C[C@H](O)[C@@H](COP(=O)(O)O)O2)c(I)c1Br. The second-order valence-electron chi connectivity index (χ2n) is 4.45. The summed E-state index contributed by atoms with van der Waals surface area (Å²) in [5.41, 5.74) is -1.31. The van der Waals surface area contributed by atoms with E-state index in [-0.39, 0.29) is 14.6 Å². The number of H-pyrrole nitrogens is 1. The molecule has 0 aliphatic carbocycles. The van der Waals surface area contributed by atoms with Crippen LogP contribution in [0.1, 0.15) is 12.6 Å². The van der Waals surface area contributed by atoms with E-state index in [1.807, 2.05) is 0 Å². The van der Waals surface area contributed by atoms with Crippen molar-refractivity contribution in [2.45, 2.75) is 24.9 Å². The standard InChI is InChI=1S/C9H11BrIN2O8P/c10-6-7(11)13(9(16)12-8(6)15)5-1-3(14)4(21-5)2-20-22(17,18)19/h3-5,14H,1-2H2,(H,12,15,16)(H2,17,18,19)/t3-,4+,5+/m0/s1. The number of halogens is 2. The molecule has 1 aliphatic heterocycles. The zero-order chi connectivity index (χ0) is 16.7. The van der Waals surface area contributed by atoms with Crippen LogP contribution in [0.25, 0.3) is 0 Å². The number of nitrogens with zero attached hydrogens (tertiary/aromatic N) is 1. The second kappa shape index (κ2) is 6.81. The molecule has 124 valence electrons. The predicted molar refractivity (Wildman–Crippen MR) is 84.3 cm³/mol. The molecule has 2 rings (SSSR count). The Balaban J connectivity index is 2.23. The van der Waals surface area contributed by atoms with Gasteiger partial charge in [0.05, 0.1) is 12.7 Å². The molecule has 1 fully saturated rings. The Labute approximate surface area is 145 Å². The van der Waals surface area contributed by atoms with Crippen LogP contribution in [0.2, 0.25) is 0 Å². The summed E-state index contributed by atoms with van der Waals surface area (Å²) in [6.07, 6.45) is -2.98. The van der Waals surface area contributed by atoms with Gasteiger partial charge in [-0.3, -0.25) is 18.9 Å². The molecule has 0 amide bonds. The van der Waals surface area contributed by atoms with Crippen LogP contribution in [-0.2, 0) is 13.8 Å². The average Bonchev–Trinajstić information content (AvgIpc) is 2.74. The Hall–Kier alpha value is -0.0800. The van der Waals surface area contributed by atoms with Crippen molar-refractivity contribution < 1.29 is 28.7 Å². The summed E-state index contributed by atoms with van der Waals surface area (Å²) < 4.78 is 21.9. The largest absolute Gasteiger partial charge is 0.469 e. The first kappa shape index (κ1) is 18.3. The number of phosphoric ester groups is 1. The van der Waals surface area contributed by atoms with Crippen molar-refractivity contribution in [1.82, 2.24) is 9.55 Å². The van der Waals surface area contributed by atoms with E-state index < -0.39 is 44.1 Å². The van der Waals surface area contributed by atoms with Crippen molar-refractivity contribution in [3.05, 3.63) is 29.0 Å². The first-order valence-corrected chi connectivity index (χ1v) is 9.24. The van der Waals surface area contributed by atoms with E-state index in [1.54, 1.807) is 22.6 Å². The van der Waals surface area contributed by atoms with Crippen LogP contribution in [0.3, 0.4) is 0 Å². The van der Waals surface area contributed by atoms with Gasteiger partial charge < -0.3 is 19.6 Å². The van der Waals surface area contributed by atoms with E-state index in [0.717, 1.165) is 4.57 Å². The smallest absolute Gasteiger partial charge is 0.390 e. The molecule has 0 bridgehead atoms. The number of aliphatic hydroxyl groups excluding tert-OH is 1. The summed E-state index contributed by atoms with van der Waals surface area (Å²) >= 11 is 4.81. The Morgan fingerprint density at radius 1 is 1.50 bits per heavy atom. The molecule has 13 heteroatoms. The maximum absolute atomic E-state index is 11.9. The maximum atomic E-state index is 11.9. The fourth-order valence-electron chi connectivity index (χ4n) is 1.95. The van der Waals surface area contributed by atoms with E-state index in [1.165, 1.54) is 0 Å². The summed E-state index contributed by atoms with van der Waals surface area (Å²) in [7, 11) is -4.69. The molecule has 3 atom stereocenters. The number of rotatable bonds is 4. The molecule has 1 saturated heterocycles. The Morgan fingerprint density at radius 2 is 2.14 bits per heavy atom. The highest BCUT2D eigenvalue weighted by Crippen LogP contribution is 2.38. The van der Waals surface area contributed by atoms with Crippen molar-refractivity contribution in [3.63, 3.8) is 0 Å². The van der Waals surface area contributed by atoms with Gasteiger partial charge in [0.1, 0.15) is 20.5 Å². The fraction of sp³-hybridized carbons (Fsp3) is 0.556. The molecule has 22 heavy (non-hydrogen) atoms. The number of phosphoric acid groups is 1. The van der Waals surface area contributed by atoms with Crippen LogP contribution >= 0.6 is 46.3 Å². The zero-order valence-corrected chi connectivity index (χ0v) is 15.3. The molecule has 10 nitrogen and oxygen atoms in total. The molecule has 0 aromatic carbocycles. The number of hydrogen-bond acceptors (Lipinski definition) is 6. The number of aliphatic hydroxyl groups is 1. The molecule has 0 spiro atoms. The minimum Gasteiger partial charge on any atom is -0.390 e. The summed E-state index contributed by atoms with van der Waals surface area (Å²) in [5, 5.41) is 9.86. The van der Waals surface area contributed by atoms with Crippen molar-refractivity contribution >= 4 is 46.3 Å². The second-order valence-corrected chi connectivity index (χ2v) is 7.51. The summed E-state index contributed by atoms with van der Waals surface area (Å²) in [6, 6.07) is 0. The molecule has 1 aliphatic rings. The molecule has 0 saturated carbocycles. The van der Waals surface area contributed by atoms with Crippen molar-refractivity contribution in [3.8, 4) is 0 Å². The third-order valence-corrected chi connectivity index (χ3v) is 5.95. The van der Waals surface area contributed by atoms with Gasteiger partial charge in [0.25, 0.3) is 5.56 Å². The van der Waals surface area contributed by atoms with E-state index in [9.17, 15) is 19.3 Å². The quantitative estimate of drug-likeness (QED) is 0.243. The van der Waals surface area contributed by atoms with E-state index >= 15 is 0 Å². The predicted octanol–water partition coefficient (Wildman–Crippen LogP) is -0.339. The normalized spacial score (nSPS) is 25.6. The third kappa shape index (κ3) is 4.06. The number of ether oxygens (including phenoxy) is 1. The third-order valence-electron chi connectivity index (χ3n) is 2.93. The minimum atomic E-state index is -4.69. The summed E-state index contributed by atoms with van der Waals surface area (Å²) in [6.45, 7) is -0.530. The molecular weight excluding hydrogens is 502 g/mol. The molecular formula is C9H11BrIN2O8P. The van der Waals surface area contributed by atoms with Crippen molar-refractivity contribution in [1.29, 1.82) is 0 Å². The van der Waals surface area contributed by atoms with Crippen LogP contribution in [0, 0.1) is 3.70 Å². The van der Waals surface area contributed by atoms with Crippen LogP contribution in [-0.4, -0.2) is 43.3 Å². The molecule has 0 radical (unpaired) electrons. The van der Waals surface area contributed by atoms with Gasteiger partial charge in [0.2, 0.25) is 0 Å². The highest BCUT2D eigenvalue weighted by molar-refractivity contribution is 14.1. The fourth-order valence-corrected chi connectivity index (χ4v) is 3.36. The van der Waals surface area contributed by atoms with Gasteiger partial charge in [0.15, 0.2) is 0 Å². The Morgan fingerprint density at radius 3 is 2.73 bits per heavy atom. The monoisotopic (exact) mass is 512 g/mol. The molecule has 0 unspecified atom stereocenters. The summed E-state index contributed by atoms with van der Waals surface area (Å²) in [5.74, 6) is 0. The lowest BCUT2D eigenvalue weighted by atomic mass is 10.2. The summed E-state index contributed by atoms with van der Waals surface area (Å²) in [4.78, 5) is 42.7. The van der Waals surface area contributed by atoms with Gasteiger partial charge in [-0.15, -0.1) is 0 Å². The number of nitrogens with one attached hydrogen (secondary N) is 1.